The van der Waals surface area contributed by atoms with Crippen LogP contribution in [0.2, 0.25) is 0 Å². The van der Waals surface area contributed by atoms with E-state index in [1.807, 2.05) is 0 Å². The van der Waals surface area contributed by atoms with Crippen LogP contribution < -0.4 is 0 Å². The predicted octanol–water partition coefficient (Wildman–Crippen LogP) is 0.0540. The lowest BCUT2D eigenvalue weighted by molar-refractivity contribution is -0.0447. The lowest BCUT2D eigenvalue weighted by Gasteiger charge is -2.32. The van der Waals surface area contributed by atoms with E-state index in [-0.39, 0.29) is 24.2 Å². The second-order valence-corrected chi connectivity index (χ2v) is 3.82. The van der Waals surface area contributed by atoms with Crippen LogP contribution in [0.5, 0.6) is 0 Å². The van der Waals surface area contributed by atoms with Crippen molar-refractivity contribution in [3.63, 3.8) is 0 Å². The zero-order valence-corrected chi connectivity index (χ0v) is 9.17. The van der Waals surface area contributed by atoms with Crippen LogP contribution in [-0.4, -0.2) is 53.3 Å². The van der Waals surface area contributed by atoms with E-state index in [2.05, 4.69) is 4.98 Å². The van der Waals surface area contributed by atoms with E-state index in [4.69, 9.17) is 9.84 Å². The Bertz CT molecular complexity index is 413. The summed E-state index contributed by atoms with van der Waals surface area (Å²) in [5.41, 5.74) is 0.212. The molecule has 2 rings (SSSR count). The first-order valence-electron chi connectivity index (χ1n) is 5.33. The molecule has 1 fully saturated rings. The molecule has 1 amide bonds. The highest BCUT2D eigenvalue weighted by atomic mass is 19.1. The topological polar surface area (TPSA) is 62.7 Å². The van der Waals surface area contributed by atoms with Gasteiger partial charge in [-0.2, -0.15) is 0 Å². The van der Waals surface area contributed by atoms with Gasteiger partial charge in [-0.3, -0.25) is 9.78 Å². The molecule has 0 aromatic carbocycles. The standard InChI is InChI=1S/C11H13FN2O3/c12-9-3-8(4-13-5-9)11(16)14-1-2-17-10(6-14)7-15/h3-5,10,15H,1-2,6-7H2. The molecule has 5 nitrogen and oxygen atoms in total. The molecular weight excluding hydrogens is 227 g/mol. The van der Waals surface area contributed by atoms with Gasteiger partial charge in [-0.25, -0.2) is 4.39 Å². The minimum atomic E-state index is -0.539. The molecule has 1 aromatic heterocycles. The molecule has 0 aliphatic carbocycles. The van der Waals surface area contributed by atoms with Gasteiger partial charge in [-0.1, -0.05) is 0 Å². The maximum absolute atomic E-state index is 12.9. The summed E-state index contributed by atoms with van der Waals surface area (Å²) < 4.78 is 18.2. The zero-order chi connectivity index (χ0) is 12.3. The molecule has 1 aliphatic rings. The number of morpholine rings is 1. The van der Waals surface area contributed by atoms with Gasteiger partial charge in [-0.15, -0.1) is 0 Å². The Morgan fingerprint density at radius 1 is 1.65 bits per heavy atom. The van der Waals surface area contributed by atoms with Crippen LogP contribution in [-0.2, 0) is 4.74 Å². The Balaban J connectivity index is 2.09. The quantitative estimate of drug-likeness (QED) is 0.793. The highest BCUT2D eigenvalue weighted by Crippen LogP contribution is 2.10. The van der Waals surface area contributed by atoms with Gasteiger partial charge in [0.05, 0.1) is 31.1 Å². The van der Waals surface area contributed by atoms with E-state index >= 15 is 0 Å². The van der Waals surface area contributed by atoms with Gasteiger partial charge in [0, 0.05) is 19.3 Å². The van der Waals surface area contributed by atoms with Crippen molar-refractivity contribution in [2.24, 2.45) is 0 Å². The third-order valence-corrected chi connectivity index (χ3v) is 2.58. The van der Waals surface area contributed by atoms with E-state index in [1.165, 1.54) is 11.1 Å². The molecule has 1 saturated heterocycles. The average molecular weight is 240 g/mol. The van der Waals surface area contributed by atoms with E-state index in [0.29, 0.717) is 19.7 Å². The summed E-state index contributed by atoms with van der Waals surface area (Å²) in [7, 11) is 0. The minimum Gasteiger partial charge on any atom is -0.394 e. The number of halogens is 1. The number of amides is 1. The number of aliphatic hydroxyl groups is 1. The van der Waals surface area contributed by atoms with Crippen molar-refractivity contribution in [2.75, 3.05) is 26.3 Å². The van der Waals surface area contributed by atoms with Gasteiger partial charge < -0.3 is 14.7 Å². The van der Waals surface area contributed by atoms with Crippen LogP contribution in [0.15, 0.2) is 18.5 Å². The molecule has 92 valence electrons. The molecule has 0 bridgehead atoms. The van der Waals surface area contributed by atoms with Crippen molar-refractivity contribution in [2.45, 2.75) is 6.10 Å². The van der Waals surface area contributed by atoms with Crippen LogP contribution in [0.4, 0.5) is 4.39 Å². The van der Waals surface area contributed by atoms with Gasteiger partial charge in [0.1, 0.15) is 5.82 Å². The summed E-state index contributed by atoms with van der Waals surface area (Å²) in [5.74, 6) is -0.832. The Kier molecular flexibility index (Phi) is 3.65. The molecule has 17 heavy (non-hydrogen) atoms. The lowest BCUT2D eigenvalue weighted by atomic mass is 10.2. The maximum Gasteiger partial charge on any atom is 0.255 e. The number of nitrogens with zero attached hydrogens (tertiary/aromatic N) is 2. The van der Waals surface area contributed by atoms with Crippen LogP contribution in [0.3, 0.4) is 0 Å². The number of rotatable bonds is 2. The molecule has 1 N–H and O–H groups in total. The van der Waals surface area contributed by atoms with Crippen molar-refractivity contribution < 1.29 is 19.0 Å². The van der Waals surface area contributed by atoms with E-state index < -0.39 is 5.82 Å². The fourth-order valence-electron chi connectivity index (χ4n) is 1.73. The monoisotopic (exact) mass is 240 g/mol. The van der Waals surface area contributed by atoms with E-state index in [0.717, 1.165) is 12.3 Å². The van der Waals surface area contributed by atoms with Crippen molar-refractivity contribution in [1.29, 1.82) is 0 Å². The highest BCUT2D eigenvalue weighted by molar-refractivity contribution is 5.94. The Morgan fingerprint density at radius 2 is 2.47 bits per heavy atom. The number of aromatic nitrogens is 1. The van der Waals surface area contributed by atoms with Crippen molar-refractivity contribution >= 4 is 5.91 Å². The summed E-state index contributed by atoms with van der Waals surface area (Å²) in [6, 6.07) is 1.15. The van der Waals surface area contributed by atoms with E-state index in [1.54, 1.807) is 0 Å². The molecule has 1 aliphatic heterocycles. The Hall–Kier alpha value is -1.53. The van der Waals surface area contributed by atoms with Crippen molar-refractivity contribution in [3.05, 3.63) is 29.8 Å². The van der Waals surface area contributed by atoms with Crippen LogP contribution >= 0.6 is 0 Å². The first kappa shape index (κ1) is 11.9. The van der Waals surface area contributed by atoms with E-state index in [9.17, 15) is 9.18 Å². The summed E-state index contributed by atoms with van der Waals surface area (Å²) in [5, 5.41) is 8.97. The molecule has 2 heterocycles. The number of hydrogen-bond acceptors (Lipinski definition) is 4. The summed E-state index contributed by atoms with van der Waals surface area (Å²) in [6.45, 7) is 0.989. The van der Waals surface area contributed by atoms with Gasteiger partial charge in [0.2, 0.25) is 0 Å². The fourth-order valence-corrected chi connectivity index (χ4v) is 1.73. The smallest absolute Gasteiger partial charge is 0.255 e. The third kappa shape index (κ3) is 2.78. The SMILES string of the molecule is O=C(c1cncc(F)c1)N1CCOC(CO)C1. The summed E-state index contributed by atoms with van der Waals surface area (Å²) in [4.78, 5) is 17.2. The molecule has 1 unspecified atom stereocenters. The third-order valence-electron chi connectivity index (χ3n) is 2.58. The lowest BCUT2D eigenvalue weighted by Crippen LogP contribution is -2.46. The Morgan fingerprint density at radius 3 is 3.18 bits per heavy atom. The second-order valence-electron chi connectivity index (χ2n) is 3.82. The average Bonchev–Trinajstić information content (AvgIpc) is 2.38. The molecule has 0 spiro atoms. The van der Waals surface area contributed by atoms with Crippen molar-refractivity contribution in [1.82, 2.24) is 9.88 Å². The minimum absolute atomic E-state index is 0.134. The van der Waals surface area contributed by atoms with Gasteiger partial charge in [-0.05, 0) is 6.07 Å². The molecule has 0 saturated carbocycles. The second kappa shape index (κ2) is 5.20. The van der Waals surface area contributed by atoms with Crippen LogP contribution in [0, 0.1) is 5.82 Å². The fraction of sp³-hybridized carbons (Fsp3) is 0.455. The van der Waals surface area contributed by atoms with Gasteiger partial charge in [0.25, 0.3) is 5.91 Å². The zero-order valence-electron chi connectivity index (χ0n) is 9.17. The van der Waals surface area contributed by atoms with Gasteiger partial charge in [0.15, 0.2) is 0 Å². The Labute approximate surface area is 97.8 Å². The van der Waals surface area contributed by atoms with Gasteiger partial charge >= 0.3 is 0 Å². The normalized spacial score (nSPS) is 20.4. The largest absolute Gasteiger partial charge is 0.394 e. The summed E-state index contributed by atoms with van der Waals surface area (Å²) >= 11 is 0. The number of pyridine rings is 1. The maximum atomic E-state index is 12.9. The highest BCUT2D eigenvalue weighted by Gasteiger charge is 2.24. The number of carbonyl (C=O) groups is 1. The first-order chi connectivity index (χ1) is 8.20. The number of ether oxygens (including phenoxy) is 1. The van der Waals surface area contributed by atoms with Crippen LogP contribution in [0.25, 0.3) is 0 Å². The molecular formula is C11H13FN2O3. The van der Waals surface area contributed by atoms with Crippen molar-refractivity contribution in [3.8, 4) is 0 Å². The summed E-state index contributed by atoms with van der Waals surface area (Å²) in [6.07, 6.45) is 2.01. The number of aliphatic hydroxyl groups excluding tert-OH is 1. The molecule has 6 heteroatoms. The molecule has 0 radical (unpaired) electrons. The van der Waals surface area contributed by atoms with Crippen LogP contribution in [0.1, 0.15) is 10.4 Å². The number of carbonyl (C=O) groups excluding carboxylic acids is 1. The predicted molar refractivity (Wildman–Crippen MR) is 56.9 cm³/mol. The number of hydrogen-bond donors (Lipinski definition) is 1. The first-order valence-corrected chi connectivity index (χ1v) is 5.33. The molecule has 1 aromatic rings. The molecule has 1 atom stereocenters.